The van der Waals surface area contributed by atoms with Gasteiger partial charge in [0.25, 0.3) is 0 Å². The van der Waals surface area contributed by atoms with Crippen LogP contribution in [0.25, 0.3) is 11.5 Å². The van der Waals surface area contributed by atoms with Gasteiger partial charge in [-0.25, -0.2) is 4.79 Å². The van der Waals surface area contributed by atoms with Gasteiger partial charge in [-0.2, -0.15) is 0 Å². The minimum Gasteiger partial charge on any atom is -0.444 e. The van der Waals surface area contributed by atoms with Crippen molar-refractivity contribution in [3.05, 3.63) is 35.2 Å². The number of benzene rings is 1. The van der Waals surface area contributed by atoms with Crippen molar-refractivity contribution in [1.29, 1.82) is 0 Å². The summed E-state index contributed by atoms with van der Waals surface area (Å²) in [7, 11) is 0. The summed E-state index contributed by atoms with van der Waals surface area (Å²) in [4.78, 5) is 13.9. The van der Waals surface area contributed by atoms with Crippen molar-refractivity contribution in [3.63, 3.8) is 0 Å². The maximum atomic E-state index is 12.2. The topological polar surface area (TPSA) is 68.5 Å². The third-order valence-electron chi connectivity index (χ3n) is 4.55. The largest absolute Gasteiger partial charge is 0.444 e. The molecule has 6 heteroatoms. The Kier molecular flexibility index (Phi) is 5.03. The lowest BCUT2D eigenvalue weighted by Crippen LogP contribution is -2.41. The summed E-state index contributed by atoms with van der Waals surface area (Å²) < 4.78 is 11.4. The number of amides is 1. The molecule has 0 spiro atoms. The lowest BCUT2D eigenvalue weighted by Gasteiger charge is -2.32. The van der Waals surface area contributed by atoms with Gasteiger partial charge in [0.05, 0.1) is 0 Å². The number of piperidine rings is 1. The number of ether oxygens (including phenoxy) is 1. The van der Waals surface area contributed by atoms with Crippen molar-refractivity contribution >= 4 is 6.09 Å². The summed E-state index contributed by atoms with van der Waals surface area (Å²) in [5.41, 5.74) is 2.84. The number of hydrogen-bond donors (Lipinski definition) is 0. The number of aryl methyl sites for hydroxylation is 2. The number of nitrogens with zero attached hydrogens (tertiary/aromatic N) is 3. The highest BCUT2D eigenvalue weighted by Crippen LogP contribution is 2.31. The van der Waals surface area contributed by atoms with Gasteiger partial charge in [-0.3, -0.25) is 0 Å². The van der Waals surface area contributed by atoms with Gasteiger partial charge in [-0.05, 0) is 59.1 Å². The second kappa shape index (κ2) is 7.09. The van der Waals surface area contributed by atoms with E-state index in [-0.39, 0.29) is 12.0 Å². The molecule has 6 nitrogen and oxygen atoms in total. The Morgan fingerprint density at radius 3 is 2.50 bits per heavy atom. The Bertz CT molecular complexity index is 784. The molecule has 1 aliphatic heterocycles. The number of aromatic nitrogens is 2. The molecule has 0 saturated carbocycles. The van der Waals surface area contributed by atoms with E-state index in [1.54, 1.807) is 4.90 Å². The highest BCUT2D eigenvalue weighted by molar-refractivity contribution is 5.68. The number of hydrogen-bond acceptors (Lipinski definition) is 5. The smallest absolute Gasteiger partial charge is 0.410 e. The molecule has 1 aromatic carbocycles. The van der Waals surface area contributed by atoms with Gasteiger partial charge >= 0.3 is 6.09 Å². The average Bonchev–Trinajstić information content (AvgIpc) is 3.03. The molecule has 0 atom stereocenters. The van der Waals surface area contributed by atoms with Gasteiger partial charge in [0.2, 0.25) is 11.8 Å². The molecule has 26 heavy (non-hydrogen) atoms. The molecule has 1 aromatic heterocycles. The fourth-order valence-electron chi connectivity index (χ4n) is 3.20. The first kappa shape index (κ1) is 18.4. The predicted molar refractivity (Wildman–Crippen MR) is 99.0 cm³/mol. The molecule has 0 bridgehead atoms. The van der Waals surface area contributed by atoms with Crippen LogP contribution in [0.2, 0.25) is 0 Å². The van der Waals surface area contributed by atoms with Crippen LogP contribution in [0.1, 0.15) is 56.5 Å². The van der Waals surface area contributed by atoms with Crippen molar-refractivity contribution in [3.8, 4) is 11.5 Å². The van der Waals surface area contributed by atoms with Crippen molar-refractivity contribution < 1.29 is 13.9 Å². The minimum atomic E-state index is -0.471. The van der Waals surface area contributed by atoms with E-state index in [9.17, 15) is 4.79 Å². The van der Waals surface area contributed by atoms with Crippen LogP contribution in [0.15, 0.2) is 22.6 Å². The van der Waals surface area contributed by atoms with Crippen molar-refractivity contribution in [1.82, 2.24) is 15.1 Å². The molecular formula is C20H27N3O3. The normalized spacial score (nSPS) is 16.0. The predicted octanol–water partition coefficient (Wildman–Crippen LogP) is 4.47. The molecule has 0 N–H and O–H groups in total. The molecule has 0 radical (unpaired) electrons. The zero-order valence-corrected chi connectivity index (χ0v) is 16.2. The van der Waals surface area contributed by atoms with Gasteiger partial charge in [0.15, 0.2) is 0 Å². The molecule has 1 fully saturated rings. The maximum absolute atomic E-state index is 12.2. The zero-order chi connectivity index (χ0) is 18.9. The standard InChI is InChI=1S/C20H27N3O3/c1-13-6-7-16(14(2)12-13)18-22-21-17(25-18)15-8-10-23(11-9-15)19(24)26-20(3,4)5/h6-7,12,15H,8-11H2,1-5H3. The van der Waals surface area contributed by atoms with Gasteiger partial charge in [0.1, 0.15) is 5.60 Å². The SMILES string of the molecule is Cc1ccc(-c2nnc(C3CCN(C(=O)OC(C)(C)C)CC3)o2)c(C)c1. The molecule has 2 aromatic rings. The van der Waals surface area contributed by atoms with E-state index in [2.05, 4.69) is 23.2 Å². The molecule has 1 saturated heterocycles. The van der Waals surface area contributed by atoms with E-state index in [0.717, 1.165) is 24.0 Å². The van der Waals surface area contributed by atoms with Crippen molar-refractivity contribution in [2.75, 3.05) is 13.1 Å². The van der Waals surface area contributed by atoms with E-state index in [1.807, 2.05) is 39.8 Å². The van der Waals surface area contributed by atoms with Crippen LogP contribution < -0.4 is 0 Å². The number of rotatable bonds is 2. The first-order chi connectivity index (χ1) is 12.2. The van der Waals surface area contributed by atoms with Crippen molar-refractivity contribution in [2.24, 2.45) is 0 Å². The monoisotopic (exact) mass is 357 g/mol. The Labute approximate surface area is 154 Å². The number of likely N-dealkylation sites (tertiary alicyclic amines) is 1. The van der Waals surface area contributed by atoms with Gasteiger partial charge in [-0.1, -0.05) is 17.7 Å². The summed E-state index contributed by atoms with van der Waals surface area (Å²) >= 11 is 0. The first-order valence-corrected chi connectivity index (χ1v) is 9.12. The molecule has 3 rings (SSSR count). The minimum absolute atomic E-state index is 0.181. The van der Waals surface area contributed by atoms with Gasteiger partial charge in [-0.15, -0.1) is 10.2 Å². The second-order valence-corrected chi connectivity index (χ2v) is 8.01. The molecule has 1 amide bonds. The van der Waals surface area contributed by atoms with Gasteiger partial charge in [0, 0.05) is 24.6 Å². The summed E-state index contributed by atoms with van der Waals surface area (Å²) in [5, 5.41) is 8.49. The molecule has 2 heterocycles. The third kappa shape index (κ3) is 4.23. The van der Waals surface area contributed by atoms with E-state index in [1.165, 1.54) is 5.56 Å². The first-order valence-electron chi connectivity index (χ1n) is 9.12. The van der Waals surface area contributed by atoms with E-state index >= 15 is 0 Å². The molecule has 1 aliphatic rings. The molecular weight excluding hydrogens is 330 g/mol. The maximum Gasteiger partial charge on any atom is 0.410 e. The molecule has 140 valence electrons. The second-order valence-electron chi connectivity index (χ2n) is 8.01. The van der Waals surface area contributed by atoms with E-state index in [0.29, 0.717) is 24.9 Å². The quantitative estimate of drug-likeness (QED) is 0.793. The molecule has 0 aliphatic carbocycles. The molecule has 0 unspecified atom stereocenters. The summed E-state index contributed by atoms with van der Waals surface area (Å²) in [5.74, 6) is 1.40. The van der Waals surface area contributed by atoms with Crippen molar-refractivity contribution in [2.45, 2.75) is 59.0 Å². The fraction of sp³-hybridized carbons (Fsp3) is 0.550. The Morgan fingerprint density at radius 2 is 1.88 bits per heavy atom. The lowest BCUT2D eigenvalue weighted by atomic mass is 9.97. The fourth-order valence-corrected chi connectivity index (χ4v) is 3.20. The van der Waals surface area contributed by atoms with Crippen LogP contribution in [-0.2, 0) is 4.74 Å². The summed E-state index contributed by atoms with van der Waals surface area (Å²) in [6.45, 7) is 11.0. The Morgan fingerprint density at radius 1 is 1.19 bits per heavy atom. The van der Waals surface area contributed by atoms with Crippen LogP contribution in [-0.4, -0.2) is 39.9 Å². The van der Waals surface area contributed by atoms with Crippen LogP contribution in [0, 0.1) is 13.8 Å². The zero-order valence-electron chi connectivity index (χ0n) is 16.2. The highest BCUT2D eigenvalue weighted by atomic mass is 16.6. The van der Waals surface area contributed by atoms with Crippen LogP contribution in [0.3, 0.4) is 0 Å². The van der Waals surface area contributed by atoms with Crippen LogP contribution in [0.5, 0.6) is 0 Å². The van der Waals surface area contributed by atoms with E-state index in [4.69, 9.17) is 9.15 Å². The number of carbonyl (C=O) groups excluding carboxylic acids is 1. The Hall–Kier alpha value is -2.37. The summed E-state index contributed by atoms with van der Waals surface area (Å²) in [6.07, 6.45) is 1.35. The Balaban J connectivity index is 1.64. The highest BCUT2D eigenvalue weighted by Gasteiger charge is 2.30. The average molecular weight is 357 g/mol. The van der Waals surface area contributed by atoms with Crippen LogP contribution >= 0.6 is 0 Å². The van der Waals surface area contributed by atoms with Crippen LogP contribution in [0.4, 0.5) is 4.79 Å². The number of carbonyl (C=O) groups is 1. The lowest BCUT2D eigenvalue weighted by molar-refractivity contribution is 0.0199. The van der Waals surface area contributed by atoms with Gasteiger partial charge < -0.3 is 14.1 Å². The van der Waals surface area contributed by atoms with E-state index < -0.39 is 5.60 Å². The third-order valence-corrected chi connectivity index (χ3v) is 4.55. The summed E-state index contributed by atoms with van der Waals surface area (Å²) in [6, 6.07) is 6.18.